The molecule has 21 heavy (non-hydrogen) atoms. The van der Waals surface area contributed by atoms with Gasteiger partial charge in [0.15, 0.2) is 5.82 Å². The third-order valence-corrected chi connectivity index (χ3v) is 3.30. The van der Waals surface area contributed by atoms with Gasteiger partial charge in [0.2, 0.25) is 0 Å². The average Bonchev–Trinajstić information content (AvgIpc) is 2.93. The van der Waals surface area contributed by atoms with Crippen LogP contribution in [0.25, 0.3) is 11.4 Å². The van der Waals surface area contributed by atoms with Crippen LogP contribution in [0.1, 0.15) is 11.3 Å². The van der Waals surface area contributed by atoms with Crippen molar-refractivity contribution >= 4 is 5.69 Å². The molecule has 0 spiro atoms. The van der Waals surface area contributed by atoms with Crippen LogP contribution in [0.4, 0.5) is 5.69 Å². The maximum atomic E-state index is 4.30. The van der Waals surface area contributed by atoms with Crippen molar-refractivity contribution in [1.29, 1.82) is 0 Å². The Morgan fingerprint density at radius 1 is 1.19 bits per heavy atom. The van der Waals surface area contributed by atoms with E-state index < -0.39 is 0 Å². The van der Waals surface area contributed by atoms with Gasteiger partial charge in [0.05, 0.1) is 0 Å². The lowest BCUT2D eigenvalue weighted by atomic mass is 10.2. The Morgan fingerprint density at radius 2 is 2.10 bits per heavy atom. The lowest BCUT2D eigenvalue weighted by Gasteiger charge is -2.08. The predicted molar refractivity (Wildman–Crippen MR) is 82.7 cm³/mol. The Morgan fingerprint density at radius 3 is 2.81 bits per heavy atom. The molecule has 0 saturated carbocycles. The third-order valence-electron chi connectivity index (χ3n) is 3.30. The minimum atomic E-state index is 0.746. The van der Waals surface area contributed by atoms with E-state index in [1.807, 2.05) is 49.0 Å². The Bertz CT molecular complexity index is 730. The summed E-state index contributed by atoms with van der Waals surface area (Å²) in [6.07, 6.45) is 3.60. The first-order valence-electron chi connectivity index (χ1n) is 6.82. The number of rotatable bonds is 4. The Kier molecular flexibility index (Phi) is 3.64. The zero-order chi connectivity index (χ0) is 14.7. The van der Waals surface area contributed by atoms with Crippen LogP contribution in [0.5, 0.6) is 0 Å². The summed E-state index contributed by atoms with van der Waals surface area (Å²) in [6, 6.07) is 12.3. The van der Waals surface area contributed by atoms with E-state index in [2.05, 4.69) is 32.6 Å². The van der Waals surface area contributed by atoms with Crippen LogP contribution in [-0.4, -0.2) is 19.7 Å². The van der Waals surface area contributed by atoms with Crippen LogP contribution < -0.4 is 5.32 Å². The minimum absolute atomic E-state index is 0.746. The smallest absolute Gasteiger partial charge is 0.163 e. The van der Waals surface area contributed by atoms with Gasteiger partial charge in [0.25, 0.3) is 0 Å². The molecule has 0 bridgehead atoms. The topological polar surface area (TPSA) is 55.6 Å². The molecule has 0 saturated heterocycles. The molecule has 0 aliphatic carbocycles. The molecule has 2 heterocycles. The summed E-state index contributed by atoms with van der Waals surface area (Å²) < 4.78 is 1.91. The largest absolute Gasteiger partial charge is 0.381 e. The highest BCUT2D eigenvalue weighted by Crippen LogP contribution is 2.20. The van der Waals surface area contributed by atoms with E-state index >= 15 is 0 Å². The third kappa shape index (κ3) is 3.08. The number of nitrogens with one attached hydrogen (secondary N) is 1. The van der Waals surface area contributed by atoms with E-state index in [0.29, 0.717) is 0 Å². The Hall–Kier alpha value is -2.69. The minimum Gasteiger partial charge on any atom is -0.381 e. The number of pyridine rings is 1. The number of benzene rings is 1. The summed E-state index contributed by atoms with van der Waals surface area (Å²) in [5, 5.41) is 11.4. The Balaban J connectivity index is 1.74. The molecular weight excluding hydrogens is 262 g/mol. The molecule has 3 aromatic rings. The molecule has 5 nitrogen and oxygen atoms in total. The van der Waals surface area contributed by atoms with Gasteiger partial charge in [-0.05, 0) is 30.7 Å². The van der Waals surface area contributed by atoms with Gasteiger partial charge in [0.1, 0.15) is 6.33 Å². The summed E-state index contributed by atoms with van der Waals surface area (Å²) in [6.45, 7) is 2.73. The number of aromatic nitrogens is 4. The standard InChI is InChI=1S/C16H17N5/c1-12-6-7-13(9-17-12)10-18-15-5-3-4-14(8-15)16-20-19-11-21(16)2/h3-9,11,18H,10H2,1-2H3. The summed E-state index contributed by atoms with van der Waals surface area (Å²) >= 11 is 0. The molecule has 0 fully saturated rings. The van der Waals surface area contributed by atoms with Crippen molar-refractivity contribution in [3.63, 3.8) is 0 Å². The quantitative estimate of drug-likeness (QED) is 0.798. The van der Waals surface area contributed by atoms with Gasteiger partial charge in [-0.1, -0.05) is 18.2 Å². The predicted octanol–water partition coefficient (Wildman–Crippen LogP) is 2.80. The fourth-order valence-electron chi connectivity index (χ4n) is 2.12. The van der Waals surface area contributed by atoms with Crippen molar-refractivity contribution in [3.05, 3.63) is 60.2 Å². The van der Waals surface area contributed by atoms with Crippen molar-refractivity contribution in [1.82, 2.24) is 19.7 Å². The van der Waals surface area contributed by atoms with E-state index in [-0.39, 0.29) is 0 Å². The second kappa shape index (κ2) is 5.75. The fourth-order valence-corrected chi connectivity index (χ4v) is 2.12. The second-order valence-corrected chi connectivity index (χ2v) is 5.01. The monoisotopic (exact) mass is 279 g/mol. The maximum absolute atomic E-state index is 4.30. The first-order valence-corrected chi connectivity index (χ1v) is 6.82. The molecule has 1 N–H and O–H groups in total. The second-order valence-electron chi connectivity index (χ2n) is 5.01. The van der Waals surface area contributed by atoms with Crippen LogP contribution in [0.2, 0.25) is 0 Å². The number of nitrogens with zero attached hydrogens (tertiary/aromatic N) is 4. The van der Waals surface area contributed by atoms with E-state index in [1.54, 1.807) is 6.33 Å². The van der Waals surface area contributed by atoms with E-state index in [4.69, 9.17) is 0 Å². The summed E-state index contributed by atoms with van der Waals surface area (Å²) in [5.41, 5.74) is 4.28. The molecule has 0 amide bonds. The number of anilines is 1. The van der Waals surface area contributed by atoms with Crippen molar-refractivity contribution in [2.24, 2.45) is 7.05 Å². The first-order chi connectivity index (χ1) is 10.2. The molecule has 0 aliphatic rings. The SMILES string of the molecule is Cc1ccc(CNc2cccc(-c3nncn3C)c2)cn1. The molecule has 2 aromatic heterocycles. The maximum Gasteiger partial charge on any atom is 0.163 e. The van der Waals surface area contributed by atoms with Crippen LogP contribution in [-0.2, 0) is 13.6 Å². The normalized spacial score (nSPS) is 10.6. The molecule has 5 heteroatoms. The molecule has 0 aliphatic heterocycles. The van der Waals surface area contributed by atoms with Crippen LogP contribution in [0.3, 0.4) is 0 Å². The molecule has 0 unspecified atom stereocenters. The lowest BCUT2D eigenvalue weighted by Crippen LogP contribution is -2.00. The van der Waals surface area contributed by atoms with E-state index in [1.165, 1.54) is 0 Å². The van der Waals surface area contributed by atoms with Crippen LogP contribution in [0, 0.1) is 6.92 Å². The highest BCUT2D eigenvalue weighted by atomic mass is 15.2. The van der Waals surface area contributed by atoms with Gasteiger partial charge in [-0.15, -0.1) is 10.2 Å². The lowest BCUT2D eigenvalue weighted by molar-refractivity contribution is 0.920. The van der Waals surface area contributed by atoms with E-state index in [0.717, 1.165) is 34.9 Å². The van der Waals surface area contributed by atoms with Gasteiger partial charge in [-0.2, -0.15) is 0 Å². The molecule has 0 radical (unpaired) electrons. The highest BCUT2D eigenvalue weighted by molar-refractivity contribution is 5.62. The van der Waals surface area contributed by atoms with Gasteiger partial charge < -0.3 is 9.88 Å². The molecule has 3 rings (SSSR count). The van der Waals surface area contributed by atoms with E-state index in [9.17, 15) is 0 Å². The van der Waals surface area contributed by atoms with Crippen molar-refractivity contribution in [2.75, 3.05) is 5.32 Å². The number of aryl methyl sites for hydroxylation is 2. The molecule has 0 atom stereocenters. The van der Waals surface area contributed by atoms with Gasteiger partial charge in [0, 0.05) is 36.7 Å². The zero-order valence-electron chi connectivity index (χ0n) is 12.1. The summed E-state index contributed by atoms with van der Waals surface area (Å²) in [7, 11) is 1.94. The Labute approximate surface area is 123 Å². The number of hydrogen-bond acceptors (Lipinski definition) is 4. The fraction of sp³-hybridized carbons (Fsp3) is 0.188. The van der Waals surface area contributed by atoms with Gasteiger partial charge in [-0.3, -0.25) is 4.98 Å². The number of hydrogen-bond donors (Lipinski definition) is 1. The van der Waals surface area contributed by atoms with Crippen LogP contribution in [0.15, 0.2) is 48.9 Å². The van der Waals surface area contributed by atoms with Gasteiger partial charge >= 0.3 is 0 Å². The molecular formula is C16H17N5. The first kappa shape index (κ1) is 13.3. The zero-order valence-corrected chi connectivity index (χ0v) is 12.1. The van der Waals surface area contributed by atoms with Crippen molar-refractivity contribution in [2.45, 2.75) is 13.5 Å². The highest BCUT2D eigenvalue weighted by Gasteiger charge is 2.05. The van der Waals surface area contributed by atoms with Crippen molar-refractivity contribution < 1.29 is 0 Å². The van der Waals surface area contributed by atoms with Crippen LogP contribution >= 0.6 is 0 Å². The molecule has 106 valence electrons. The molecule has 1 aromatic carbocycles. The van der Waals surface area contributed by atoms with Gasteiger partial charge in [-0.25, -0.2) is 0 Å². The van der Waals surface area contributed by atoms with Crippen molar-refractivity contribution in [3.8, 4) is 11.4 Å². The summed E-state index contributed by atoms with van der Waals surface area (Å²) in [4.78, 5) is 4.30. The summed E-state index contributed by atoms with van der Waals surface area (Å²) in [5.74, 6) is 0.857. The average molecular weight is 279 g/mol.